The van der Waals surface area contributed by atoms with Crippen LogP contribution < -0.4 is 14.8 Å². The van der Waals surface area contributed by atoms with Crippen LogP contribution in [0.25, 0.3) is 0 Å². The van der Waals surface area contributed by atoms with Gasteiger partial charge in [0.05, 0.1) is 22.4 Å². The second kappa shape index (κ2) is 11.4. The number of para-hydroxylation sites is 1. The molecule has 1 N–H and O–H groups in total. The molecule has 9 heteroatoms. The van der Waals surface area contributed by atoms with Gasteiger partial charge in [0.25, 0.3) is 5.91 Å². The van der Waals surface area contributed by atoms with Crippen molar-refractivity contribution in [2.45, 2.75) is 25.3 Å². The number of pyridine rings is 1. The number of carbonyl (C=O) groups excluding carboxylic acids is 2. The van der Waals surface area contributed by atoms with E-state index in [9.17, 15) is 9.59 Å². The Morgan fingerprint density at radius 3 is 2.53 bits per heavy atom. The van der Waals surface area contributed by atoms with Crippen molar-refractivity contribution < 1.29 is 19.1 Å². The van der Waals surface area contributed by atoms with Crippen molar-refractivity contribution >= 4 is 34.9 Å². The van der Waals surface area contributed by atoms with E-state index in [1.807, 2.05) is 24.3 Å². The zero-order valence-corrected chi connectivity index (χ0v) is 20.3. The number of nitrogens with zero attached hydrogens (tertiary/aromatic N) is 2. The van der Waals surface area contributed by atoms with Gasteiger partial charge in [-0.05, 0) is 55.0 Å². The van der Waals surface area contributed by atoms with Gasteiger partial charge in [0.2, 0.25) is 5.88 Å². The number of likely N-dealkylation sites (tertiary alicyclic amines) is 1. The molecule has 178 valence electrons. The van der Waals surface area contributed by atoms with Crippen molar-refractivity contribution in [1.29, 1.82) is 0 Å². The van der Waals surface area contributed by atoms with Gasteiger partial charge >= 0.3 is 6.09 Å². The number of carbonyl (C=O) groups is 2. The fourth-order valence-corrected chi connectivity index (χ4v) is 4.95. The number of nitrogens with one attached hydrogen (secondary N) is 1. The maximum atomic E-state index is 12.8. The summed E-state index contributed by atoms with van der Waals surface area (Å²) in [5.41, 5.74) is 0.905. The monoisotopic (exact) mass is 499 g/mol. The number of hydrogen-bond acceptors (Lipinski definition) is 6. The third-order valence-corrected chi connectivity index (χ3v) is 7.09. The smallest absolute Gasteiger partial charge is 0.415 e. The zero-order chi connectivity index (χ0) is 23.9. The van der Waals surface area contributed by atoms with Crippen LogP contribution in [0.3, 0.4) is 0 Å². The van der Waals surface area contributed by atoms with Crippen molar-refractivity contribution in [2.24, 2.45) is 5.92 Å². The summed E-state index contributed by atoms with van der Waals surface area (Å²) in [5.74, 6) is 1.23. The largest absolute Gasteiger partial charge is 0.481 e. The molecule has 2 amide bonds. The number of piperidine rings is 1. The summed E-state index contributed by atoms with van der Waals surface area (Å²) in [4.78, 5) is 32.0. The second-order valence-corrected chi connectivity index (χ2v) is 9.83. The molecule has 1 aliphatic heterocycles. The Balaban J connectivity index is 1.38. The summed E-state index contributed by atoms with van der Waals surface area (Å²) in [6, 6.07) is 16.0. The first-order valence-electron chi connectivity index (χ1n) is 11.1. The second-order valence-electron chi connectivity index (χ2n) is 8.11. The molecule has 1 atom stereocenters. The lowest BCUT2D eigenvalue weighted by atomic mass is 9.88. The van der Waals surface area contributed by atoms with Crippen molar-refractivity contribution in [3.8, 4) is 11.6 Å². The Labute approximate surface area is 207 Å². The molecule has 0 radical (unpaired) electrons. The van der Waals surface area contributed by atoms with E-state index in [2.05, 4.69) is 10.3 Å². The first-order chi connectivity index (χ1) is 16.5. The van der Waals surface area contributed by atoms with Crippen LogP contribution in [0.2, 0.25) is 4.34 Å². The number of aromatic nitrogens is 1. The number of halogens is 1. The van der Waals surface area contributed by atoms with Crippen LogP contribution in [-0.4, -0.2) is 42.1 Å². The van der Waals surface area contributed by atoms with Gasteiger partial charge in [-0.1, -0.05) is 35.9 Å². The van der Waals surface area contributed by atoms with Crippen molar-refractivity contribution in [2.75, 3.05) is 20.2 Å². The Bertz CT molecular complexity index is 1100. The van der Waals surface area contributed by atoms with Crippen LogP contribution in [-0.2, 0) is 0 Å². The van der Waals surface area contributed by atoms with E-state index in [-0.39, 0.29) is 18.0 Å². The molecule has 3 aromatic rings. The highest BCUT2D eigenvalue weighted by atomic mass is 35.5. The summed E-state index contributed by atoms with van der Waals surface area (Å²) in [7, 11) is 1.57. The molecule has 4 rings (SSSR count). The van der Waals surface area contributed by atoms with E-state index in [0.29, 0.717) is 39.9 Å². The number of thiophene rings is 1. The molecule has 1 saturated heterocycles. The number of hydrogen-bond donors (Lipinski definition) is 1. The molecule has 0 saturated carbocycles. The van der Waals surface area contributed by atoms with Gasteiger partial charge < -0.3 is 19.7 Å². The molecule has 1 aromatic carbocycles. The summed E-state index contributed by atoms with van der Waals surface area (Å²) < 4.78 is 11.2. The van der Waals surface area contributed by atoms with Crippen LogP contribution in [0.1, 0.15) is 40.5 Å². The Morgan fingerprint density at radius 1 is 1.15 bits per heavy atom. The third kappa shape index (κ3) is 6.27. The zero-order valence-electron chi connectivity index (χ0n) is 18.8. The van der Waals surface area contributed by atoms with Crippen molar-refractivity contribution in [1.82, 2.24) is 15.2 Å². The van der Waals surface area contributed by atoms with Gasteiger partial charge in [-0.3, -0.25) is 4.79 Å². The molecule has 2 aromatic heterocycles. The van der Waals surface area contributed by atoms with Gasteiger partial charge in [0.1, 0.15) is 5.75 Å². The minimum absolute atomic E-state index is 0.165. The summed E-state index contributed by atoms with van der Waals surface area (Å²) in [6.07, 6.45) is 3.79. The molecule has 1 fully saturated rings. The fraction of sp³-hybridized carbons (Fsp3) is 0.320. The number of ether oxygens (including phenoxy) is 2. The Kier molecular flexibility index (Phi) is 8.03. The number of benzene rings is 1. The number of rotatable bonds is 7. The molecule has 0 bridgehead atoms. The number of methoxy groups -OCH3 is 1. The molecule has 0 spiro atoms. The van der Waals surface area contributed by atoms with Crippen LogP contribution in [0.15, 0.2) is 60.8 Å². The van der Waals surface area contributed by atoms with Gasteiger partial charge in [-0.25, -0.2) is 9.78 Å². The lowest BCUT2D eigenvalue weighted by molar-refractivity contribution is 0.0927. The van der Waals surface area contributed by atoms with Crippen molar-refractivity contribution in [3.05, 3.63) is 75.6 Å². The predicted molar refractivity (Wildman–Crippen MR) is 132 cm³/mol. The fourth-order valence-electron chi connectivity index (χ4n) is 4.00. The van der Waals surface area contributed by atoms with Gasteiger partial charge in [0, 0.05) is 25.4 Å². The van der Waals surface area contributed by atoms with Crippen LogP contribution in [0.5, 0.6) is 11.6 Å². The highest BCUT2D eigenvalue weighted by molar-refractivity contribution is 7.18. The van der Waals surface area contributed by atoms with Crippen molar-refractivity contribution in [3.63, 3.8) is 0 Å². The van der Waals surface area contributed by atoms with Gasteiger partial charge in [-0.15, -0.1) is 11.3 Å². The Hall–Kier alpha value is -3.10. The van der Waals surface area contributed by atoms with Crippen LogP contribution in [0.4, 0.5) is 4.79 Å². The third-order valence-electron chi connectivity index (χ3n) is 5.86. The quantitative estimate of drug-likeness (QED) is 0.459. The first-order valence-corrected chi connectivity index (χ1v) is 12.3. The van der Waals surface area contributed by atoms with E-state index >= 15 is 0 Å². The van der Waals surface area contributed by atoms with E-state index in [4.69, 9.17) is 21.1 Å². The minimum atomic E-state index is -0.330. The normalized spacial score (nSPS) is 14.9. The standard InChI is InChI=1S/C25H26ClN3O4S/c1-32-23-10-7-18(16-27-23)20(28-24(30)21-8-9-22(26)34-21)15-17-11-13-29(14-12-17)25(31)33-19-5-3-2-4-6-19/h2-10,16-17,20H,11-15H2,1H3,(H,28,30)/t20-/m0/s1. The maximum absolute atomic E-state index is 12.8. The van der Waals surface area contributed by atoms with E-state index in [0.717, 1.165) is 24.8 Å². The first kappa shape index (κ1) is 24.0. The average Bonchev–Trinajstić information content (AvgIpc) is 3.31. The van der Waals surface area contributed by atoms with E-state index in [1.54, 1.807) is 48.5 Å². The molecular weight excluding hydrogens is 474 g/mol. The average molecular weight is 500 g/mol. The highest BCUT2D eigenvalue weighted by Crippen LogP contribution is 2.30. The molecule has 3 heterocycles. The molecule has 0 aliphatic carbocycles. The number of amides is 2. The van der Waals surface area contributed by atoms with Gasteiger partial charge in [-0.2, -0.15) is 0 Å². The maximum Gasteiger partial charge on any atom is 0.415 e. The molecule has 7 nitrogen and oxygen atoms in total. The minimum Gasteiger partial charge on any atom is -0.481 e. The molecule has 1 aliphatic rings. The van der Waals surface area contributed by atoms with E-state index < -0.39 is 0 Å². The van der Waals surface area contributed by atoms with Gasteiger partial charge in [0.15, 0.2) is 0 Å². The summed E-state index contributed by atoms with van der Waals surface area (Å²) >= 11 is 7.26. The van der Waals surface area contributed by atoms with Crippen LogP contribution in [0, 0.1) is 5.92 Å². The van der Waals surface area contributed by atoms with Crippen LogP contribution >= 0.6 is 22.9 Å². The molecular formula is C25H26ClN3O4S. The predicted octanol–water partition coefficient (Wildman–Crippen LogP) is 5.58. The SMILES string of the molecule is COc1ccc([C@H](CC2CCN(C(=O)Oc3ccccc3)CC2)NC(=O)c2ccc(Cl)s2)cn1. The molecule has 0 unspecified atom stereocenters. The van der Waals surface area contributed by atoms with E-state index in [1.165, 1.54) is 11.3 Å². The lowest BCUT2D eigenvalue weighted by Gasteiger charge is -2.33. The lowest BCUT2D eigenvalue weighted by Crippen LogP contribution is -2.41. The summed E-state index contributed by atoms with van der Waals surface area (Å²) in [5, 5.41) is 3.14. The molecule has 34 heavy (non-hydrogen) atoms. The topological polar surface area (TPSA) is 80.8 Å². The summed E-state index contributed by atoms with van der Waals surface area (Å²) in [6.45, 7) is 1.22. The Morgan fingerprint density at radius 2 is 1.91 bits per heavy atom. The highest BCUT2D eigenvalue weighted by Gasteiger charge is 2.28.